The number of rotatable bonds is 4. The fourth-order valence-corrected chi connectivity index (χ4v) is 3.18. The molecular formula is C11H16N2O5S. The van der Waals surface area contributed by atoms with Gasteiger partial charge < -0.3 is 20.0 Å². The van der Waals surface area contributed by atoms with Crippen molar-refractivity contribution in [2.75, 3.05) is 25.4 Å². The van der Waals surface area contributed by atoms with Crippen molar-refractivity contribution in [3.8, 4) is 0 Å². The highest BCUT2D eigenvalue weighted by Gasteiger charge is 2.38. The highest BCUT2D eigenvalue weighted by atomic mass is 32.2. The number of carbonyl (C=O) groups excluding carboxylic acids is 2. The molecule has 2 unspecified atom stereocenters. The fourth-order valence-electron chi connectivity index (χ4n) is 2.33. The predicted octanol–water partition coefficient (Wildman–Crippen LogP) is -0.408. The van der Waals surface area contributed by atoms with Gasteiger partial charge in [0, 0.05) is 38.2 Å². The quantitative estimate of drug-likeness (QED) is 0.730. The molecule has 0 bridgehead atoms. The summed E-state index contributed by atoms with van der Waals surface area (Å²) in [6.07, 6.45) is -0.614. The standard InChI is InChI=1S/C11H16N2O5S/c14-7-5-8(10(16)17)13(6-7)9(15)1-2-12-3-4-19-11(12)18/h7-8,14H,1-6H2,(H,16,17). The number of carbonyl (C=O) groups is 3. The third-order valence-electron chi connectivity index (χ3n) is 3.32. The summed E-state index contributed by atoms with van der Waals surface area (Å²) < 4.78 is 0. The number of aliphatic hydroxyl groups is 1. The number of aliphatic carboxylic acids is 1. The number of likely N-dealkylation sites (tertiary alicyclic amines) is 1. The van der Waals surface area contributed by atoms with Gasteiger partial charge in [-0.2, -0.15) is 0 Å². The zero-order chi connectivity index (χ0) is 14.0. The van der Waals surface area contributed by atoms with E-state index in [1.54, 1.807) is 4.90 Å². The van der Waals surface area contributed by atoms with Crippen LogP contribution < -0.4 is 0 Å². The molecule has 106 valence electrons. The molecule has 0 saturated carbocycles. The van der Waals surface area contributed by atoms with E-state index in [0.717, 1.165) is 5.75 Å². The molecule has 0 aromatic heterocycles. The molecule has 2 aliphatic heterocycles. The zero-order valence-corrected chi connectivity index (χ0v) is 11.1. The first-order chi connectivity index (χ1) is 8.99. The first kappa shape index (κ1) is 14.1. The summed E-state index contributed by atoms with van der Waals surface area (Å²) >= 11 is 1.22. The number of amides is 2. The normalized spacial score (nSPS) is 27.1. The third kappa shape index (κ3) is 3.19. The van der Waals surface area contributed by atoms with Crippen LogP contribution in [0, 0.1) is 0 Å². The van der Waals surface area contributed by atoms with E-state index in [4.69, 9.17) is 5.11 Å². The minimum absolute atomic E-state index is 0.0379. The monoisotopic (exact) mass is 288 g/mol. The van der Waals surface area contributed by atoms with Gasteiger partial charge in [0.1, 0.15) is 6.04 Å². The first-order valence-electron chi connectivity index (χ1n) is 6.11. The van der Waals surface area contributed by atoms with Crippen molar-refractivity contribution >= 4 is 28.9 Å². The van der Waals surface area contributed by atoms with Gasteiger partial charge in [-0.25, -0.2) is 4.79 Å². The van der Waals surface area contributed by atoms with Crippen LogP contribution in [-0.2, 0) is 9.59 Å². The van der Waals surface area contributed by atoms with Gasteiger partial charge in [0.05, 0.1) is 6.10 Å². The van der Waals surface area contributed by atoms with E-state index in [-0.39, 0.29) is 30.5 Å². The maximum absolute atomic E-state index is 12.0. The van der Waals surface area contributed by atoms with Gasteiger partial charge in [0.2, 0.25) is 5.91 Å². The van der Waals surface area contributed by atoms with Crippen LogP contribution in [0.3, 0.4) is 0 Å². The van der Waals surface area contributed by atoms with E-state index in [1.165, 1.54) is 16.7 Å². The molecule has 7 nitrogen and oxygen atoms in total. The van der Waals surface area contributed by atoms with Gasteiger partial charge in [-0.15, -0.1) is 0 Å². The van der Waals surface area contributed by atoms with E-state index in [2.05, 4.69) is 0 Å². The largest absolute Gasteiger partial charge is 0.480 e. The minimum Gasteiger partial charge on any atom is -0.480 e. The maximum Gasteiger partial charge on any atom is 0.326 e. The maximum atomic E-state index is 12.0. The Morgan fingerprint density at radius 3 is 2.74 bits per heavy atom. The lowest BCUT2D eigenvalue weighted by Gasteiger charge is -2.22. The van der Waals surface area contributed by atoms with Gasteiger partial charge in [-0.05, 0) is 0 Å². The van der Waals surface area contributed by atoms with Gasteiger partial charge in [0.15, 0.2) is 0 Å². The molecule has 2 aliphatic rings. The molecule has 0 radical (unpaired) electrons. The van der Waals surface area contributed by atoms with Crippen molar-refractivity contribution in [2.45, 2.75) is 25.0 Å². The molecule has 2 heterocycles. The highest BCUT2D eigenvalue weighted by Crippen LogP contribution is 2.21. The molecule has 19 heavy (non-hydrogen) atoms. The Labute approximate surface area is 114 Å². The van der Waals surface area contributed by atoms with Crippen LogP contribution in [0.2, 0.25) is 0 Å². The summed E-state index contributed by atoms with van der Waals surface area (Å²) in [5.74, 6) is -0.695. The summed E-state index contributed by atoms with van der Waals surface area (Å²) in [5.41, 5.74) is 0. The molecule has 2 saturated heterocycles. The van der Waals surface area contributed by atoms with E-state index in [0.29, 0.717) is 13.1 Å². The molecule has 2 N–H and O–H groups in total. The molecule has 2 amide bonds. The number of hydrogen-bond acceptors (Lipinski definition) is 5. The van der Waals surface area contributed by atoms with Crippen LogP contribution in [-0.4, -0.2) is 74.7 Å². The van der Waals surface area contributed by atoms with Crippen molar-refractivity contribution < 1.29 is 24.6 Å². The number of carboxylic acid groups (broad SMARTS) is 1. The topological polar surface area (TPSA) is 98.2 Å². The van der Waals surface area contributed by atoms with Crippen LogP contribution in [0.5, 0.6) is 0 Å². The Kier molecular flexibility index (Phi) is 4.31. The SMILES string of the molecule is O=C(O)C1CC(O)CN1C(=O)CCN1CCSC1=O. The summed E-state index contributed by atoms with van der Waals surface area (Å²) in [7, 11) is 0. The minimum atomic E-state index is -1.10. The Morgan fingerprint density at radius 1 is 1.42 bits per heavy atom. The number of nitrogens with zero attached hydrogens (tertiary/aromatic N) is 2. The Hall–Kier alpha value is -1.28. The molecule has 2 rings (SSSR count). The number of aliphatic hydroxyl groups excluding tert-OH is 1. The van der Waals surface area contributed by atoms with Crippen LogP contribution >= 0.6 is 11.8 Å². The Balaban J connectivity index is 1.88. The number of carboxylic acids is 1. The predicted molar refractivity (Wildman–Crippen MR) is 67.8 cm³/mol. The number of thioether (sulfide) groups is 1. The Bertz CT molecular complexity index is 403. The number of hydrogen-bond donors (Lipinski definition) is 2. The van der Waals surface area contributed by atoms with Crippen molar-refractivity contribution in [2.24, 2.45) is 0 Å². The second-order valence-corrected chi connectivity index (χ2v) is 5.69. The molecule has 0 aliphatic carbocycles. The van der Waals surface area contributed by atoms with Crippen molar-refractivity contribution in [3.63, 3.8) is 0 Å². The van der Waals surface area contributed by atoms with Gasteiger partial charge in [0.25, 0.3) is 5.24 Å². The van der Waals surface area contributed by atoms with Crippen LogP contribution in [0.25, 0.3) is 0 Å². The molecule has 0 aromatic rings. The molecule has 2 fully saturated rings. The van der Waals surface area contributed by atoms with Crippen LogP contribution in [0.4, 0.5) is 4.79 Å². The summed E-state index contributed by atoms with van der Waals surface area (Å²) in [6.45, 7) is 0.990. The van der Waals surface area contributed by atoms with E-state index < -0.39 is 18.1 Å². The number of β-amino-alcohol motifs (C(OH)–C–C–N with tert-alkyl or cyclic N) is 1. The van der Waals surface area contributed by atoms with E-state index >= 15 is 0 Å². The van der Waals surface area contributed by atoms with Crippen molar-refractivity contribution in [1.29, 1.82) is 0 Å². The van der Waals surface area contributed by atoms with Crippen LogP contribution in [0.1, 0.15) is 12.8 Å². The second kappa shape index (κ2) is 5.79. The van der Waals surface area contributed by atoms with Gasteiger partial charge in [-0.3, -0.25) is 9.59 Å². The smallest absolute Gasteiger partial charge is 0.326 e. The fraction of sp³-hybridized carbons (Fsp3) is 0.727. The first-order valence-corrected chi connectivity index (χ1v) is 7.09. The highest BCUT2D eigenvalue weighted by molar-refractivity contribution is 8.13. The zero-order valence-electron chi connectivity index (χ0n) is 10.3. The van der Waals surface area contributed by atoms with E-state index in [1.807, 2.05) is 0 Å². The summed E-state index contributed by atoms with van der Waals surface area (Å²) in [5, 5.41) is 18.4. The van der Waals surface area contributed by atoms with Crippen LogP contribution in [0.15, 0.2) is 0 Å². The lowest BCUT2D eigenvalue weighted by atomic mass is 10.2. The lowest BCUT2D eigenvalue weighted by Crippen LogP contribution is -2.42. The van der Waals surface area contributed by atoms with Crippen molar-refractivity contribution in [3.05, 3.63) is 0 Å². The van der Waals surface area contributed by atoms with Gasteiger partial charge >= 0.3 is 5.97 Å². The molecule has 0 spiro atoms. The molecule has 8 heteroatoms. The molecular weight excluding hydrogens is 272 g/mol. The summed E-state index contributed by atoms with van der Waals surface area (Å²) in [6, 6.07) is -0.953. The average molecular weight is 288 g/mol. The molecule has 2 atom stereocenters. The summed E-state index contributed by atoms with van der Waals surface area (Å²) in [4.78, 5) is 37.1. The van der Waals surface area contributed by atoms with E-state index in [9.17, 15) is 19.5 Å². The second-order valence-electron chi connectivity index (χ2n) is 4.64. The van der Waals surface area contributed by atoms with Gasteiger partial charge in [-0.1, -0.05) is 11.8 Å². The molecule has 0 aromatic carbocycles. The Morgan fingerprint density at radius 2 is 2.16 bits per heavy atom. The third-order valence-corrected chi connectivity index (χ3v) is 4.22. The average Bonchev–Trinajstić information content (AvgIpc) is 2.92. The van der Waals surface area contributed by atoms with Crippen molar-refractivity contribution in [1.82, 2.24) is 9.80 Å². The lowest BCUT2D eigenvalue weighted by molar-refractivity contribution is -0.148.